The van der Waals surface area contributed by atoms with E-state index < -0.39 is 0 Å². The Labute approximate surface area is 66.6 Å². The molecule has 1 heterocycles. The van der Waals surface area contributed by atoms with Crippen LogP contribution < -0.4 is 0 Å². The molecule has 0 aromatic carbocycles. The largest absolute Gasteiger partial charge is 2.00 e. The van der Waals surface area contributed by atoms with E-state index in [9.17, 15) is 0 Å². The first kappa shape index (κ1) is 8.66. The van der Waals surface area contributed by atoms with E-state index in [1.807, 2.05) is 6.92 Å². The second-order valence-corrected chi connectivity index (χ2v) is 1.48. The molecule has 0 aliphatic rings. The fourth-order valence-electron chi connectivity index (χ4n) is 0.471. The molecular weight excluding hydrogens is 151 g/mol. The van der Waals surface area contributed by atoms with E-state index >= 15 is 0 Å². The fourth-order valence-corrected chi connectivity index (χ4v) is 0.471. The van der Waals surface area contributed by atoms with Gasteiger partial charge in [-0.2, -0.15) is 5.10 Å². The molecule has 0 amide bonds. The van der Waals surface area contributed by atoms with Crippen LogP contribution in [0.3, 0.4) is 0 Å². The SMILES string of the molecule is CCc1[c-]ccnn1.[V+2]. The number of aryl methyl sites for hydroxylation is 1. The van der Waals surface area contributed by atoms with E-state index in [2.05, 4.69) is 16.3 Å². The Morgan fingerprint density at radius 1 is 1.67 bits per heavy atom. The van der Waals surface area contributed by atoms with Crippen LogP contribution in [0.4, 0.5) is 0 Å². The molecule has 0 fully saturated rings. The van der Waals surface area contributed by atoms with Crippen LogP contribution in [-0.2, 0) is 25.0 Å². The second kappa shape index (κ2) is 4.53. The third-order valence-corrected chi connectivity index (χ3v) is 0.904. The number of hydrogen-bond acceptors (Lipinski definition) is 2. The summed E-state index contributed by atoms with van der Waals surface area (Å²) in [6.45, 7) is 2.03. The molecule has 1 aromatic rings. The molecular formula is C6H7N2V+. The number of aromatic nitrogens is 2. The van der Waals surface area contributed by atoms with E-state index in [0.717, 1.165) is 12.1 Å². The summed E-state index contributed by atoms with van der Waals surface area (Å²) < 4.78 is 0. The normalized spacial score (nSPS) is 8.11. The molecule has 1 rings (SSSR count). The van der Waals surface area contributed by atoms with Crippen LogP contribution in [0, 0.1) is 6.07 Å². The van der Waals surface area contributed by atoms with Crippen LogP contribution in [0.1, 0.15) is 12.6 Å². The molecule has 0 aliphatic heterocycles. The first-order valence-electron chi connectivity index (χ1n) is 2.61. The average Bonchev–Trinajstić information content (AvgIpc) is 1.90. The van der Waals surface area contributed by atoms with Crippen LogP contribution in [0.2, 0.25) is 0 Å². The minimum atomic E-state index is 0. The van der Waals surface area contributed by atoms with E-state index in [1.165, 1.54) is 0 Å². The van der Waals surface area contributed by atoms with Crippen molar-refractivity contribution in [3.8, 4) is 0 Å². The molecule has 0 saturated heterocycles. The van der Waals surface area contributed by atoms with Gasteiger partial charge in [-0.3, -0.25) is 5.10 Å². The molecule has 0 aliphatic carbocycles. The maximum Gasteiger partial charge on any atom is 2.00 e. The van der Waals surface area contributed by atoms with Crippen LogP contribution in [0.5, 0.6) is 0 Å². The topological polar surface area (TPSA) is 25.8 Å². The van der Waals surface area contributed by atoms with Crippen molar-refractivity contribution in [1.29, 1.82) is 0 Å². The summed E-state index contributed by atoms with van der Waals surface area (Å²) in [5.41, 5.74) is 0.924. The Balaban J connectivity index is 0.000000640. The molecule has 0 spiro atoms. The van der Waals surface area contributed by atoms with Crippen molar-refractivity contribution < 1.29 is 18.6 Å². The van der Waals surface area contributed by atoms with Gasteiger partial charge in [-0.15, -0.1) is 6.20 Å². The Morgan fingerprint density at radius 3 is 2.78 bits per heavy atom. The van der Waals surface area contributed by atoms with Gasteiger partial charge in [0.15, 0.2) is 0 Å². The maximum atomic E-state index is 3.79. The number of hydrogen-bond donors (Lipinski definition) is 0. The Morgan fingerprint density at radius 2 is 2.44 bits per heavy atom. The van der Waals surface area contributed by atoms with Gasteiger partial charge in [0.25, 0.3) is 0 Å². The Kier molecular flexibility index (Phi) is 4.37. The van der Waals surface area contributed by atoms with Gasteiger partial charge in [-0.25, -0.2) is 12.1 Å². The van der Waals surface area contributed by atoms with Gasteiger partial charge < -0.3 is 0 Å². The third-order valence-electron chi connectivity index (χ3n) is 0.904. The van der Waals surface area contributed by atoms with Crippen LogP contribution >= 0.6 is 0 Å². The number of nitrogens with zero attached hydrogens (tertiary/aromatic N) is 2. The first-order valence-corrected chi connectivity index (χ1v) is 2.61. The molecule has 0 unspecified atom stereocenters. The van der Waals surface area contributed by atoms with Crippen molar-refractivity contribution in [2.24, 2.45) is 0 Å². The quantitative estimate of drug-likeness (QED) is 0.566. The van der Waals surface area contributed by atoms with Gasteiger partial charge in [0.1, 0.15) is 0 Å². The molecule has 2 nitrogen and oxygen atoms in total. The van der Waals surface area contributed by atoms with E-state index in [-0.39, 0.29) is 18.6 Å². The van der Waals surface area contributed by atoms with Crippen LogP contribution in [0.15, 0.2) is 12.3 Å². The van der Waals surface area contributed by atoms with Gasteiger partial charge >= 0.3 is 18.6 Å². The molecule has 0 saturated carbocycles. The zero-order valence-electron chi connectivity index (χ0n) is 5.20. The first-order chi connectivity index (χ1) is 3.93. The predicted octanol–water partition coefficient (Wildman–Crippen LogP) is 0.837. The van der Waals surface area contributed by atoms with Crippen molar-refractivity contribution in [2.45, 2.75) is 13.3 Å². The van der Waals surface area contributed by atoms with Crippen molar-refractivity contribution in [1.82, 2.24) is 10.2 Å². The zero-order valence-corrected chi connectivity index (χ0v) is 6.60. The average molecular weight is 158 g/mol. The monoisotopic (exact) mass is 158 g/mol. The summed E-state index contributed by atoms with van der Waals surface area (Å²) in [7, 11) is 0. The van der Waals surface area contributed by atoms with E-state index in [1.54, 1.807) is 12.3 Å². The van der Waals surface area contributed by atoms with Crippen molar-refractivity contribution in [3.05, 3.63) is 24.0 Å². The van der Waals surface area contributed by atoms with Crippen LogP contribution in [0.25, 0.3) is 0 Å². The van der Waals surface area contributed by atoms with E-state index in [4.69, 9.17) is 0 Å². The molecule has 0 atom stereocenters. The van der Waals surface area contributed by atoms with Gasteiger partial charge in [0, 0.05) is 0 Å². The standard InChI is InChI=1S/C6H7N2.V/c1-2-6-4-3-5-7-8-6;/h3,5H,2H2,1H3;/q-1;+2. The van der Waals surface area contributed by atoms with Crippen molar-refractivity contribution >= 4 is 0 Å². The summed E-state index contributed by atoms with van der Waals surface area (Å²) in [6.07, 6.45) is 2.53. The summed E-state index contributed by atoms with van der Waals surface area (Å²) in [4.78, 5) is 0. The zero-order chi connectivity index (χ0) is 5.82. The molecule has 1 radical (unpaired) electrons. The van der Waals surface area contributed by atoms with Crippen LogP contribution in [-0.4, -0.2) is 10.2 Å². The molecule has 1 aromatic heterocycles. The molecule has 45 valence electrons. The summed E-state index contributed by atoms with van der Waals surface area (Å²) in [5.74, 6) is 0. The van der Waals surface area contributed by atoms with Crippen molar-refractivity contribution in [3.63, 3.8) is 0 Å². The van der Waals surface area contributed by atoms with Crippen molar-refractivity contribution in [2.75, 3.05) is 0 Å². The Bertz CT molecular complexity index is 152. The fraction of sp³-hybridized carbons (Fsp3) is 0.333. The van der Waals surface area contributed by atoms with Gasteiger partial charge in [0.2, 0.25) is 0 Å². The summed E-state index contributed by atoms with van der Waals surface area (Å²) in [5, 5.41) is 7.47. The molecule has 0 N–H and O–H groups in total. The smallest absolute Gasteiger partial charge is 0.258 e. The van der Waals surface area contributed by atoms with Gasteiger partial charge in [0.05, 0.1) is 0 Å². The summed E-state index contributed by atoms with van der Waals surface area (Å²) >= 11 is 0. The maximum absolute atomic E-state index is 3.79. The van der Waals surface area contributed by atoms with E-state index in [0.29, 0.717) is 0 Å². The third kappa shape index (κ3) is 2.63. The molecule has 0 bridgehead atoms. The van der Waals surface area contributed by atoms with Gasteiger partial charge in [-0.1, -0.05) is 6.92 Å². The molecule has 3 heteroatoms. The molecule has 9 heavy (non-hydrogen) atoms. The predicted molar refractivity (Wildman–Crippen MR) is 30.2 cm³/mol. The minimum Gasteiger partial charge on any atom is -0.258 e. The second-order valence-electron chi connectivity index (χ2n) is 1.48. The minimum absolute atomic E-state index is 0. The summed E-state index contributed by atoms with van der Waals surface area (Å²) in [6, 6.07) is 4.71. The van der Waals surface area contributed by atoms with Gasteiger partial charge in [-0.05, 0) is 12.1 Å². The number of rotatable bonds is 1. The Hall–Kier alpha value is -0.336.